The van der Waals surface area contributed by atoms with Crippen molar-refractivity contribution in [2.45, 2.75) is 64.1 Å². The Hall–Kier alpha value is -3.20. The summed E-state index contributed by atoms with van der Waals surface area (Å²) in [6.45, 7) is 8.68. The predicted octanol–water partition coefficient (Wildman–Crippen LogP) is 2.86. The summed E-state index contributed by atoms with van der Waals surface area (Å²) in [5.41, 5.74) is 1.36. The van der Waals surface area contributed by atoms with Crippen molar-refractivity contribution >= 4 is 27.7 Å². The summed E-state index contributed by atoms with van der Waals surface area (Å²) in [6, 6.07) is 12.6. The fourth-order valence-electron chi connectivity index (χ4n) is 3.86. The van der Waals surface area contributed by atoms with Crippen molar-refractivity contribution in [3.05, 3.63) is 65.2 Å². The molecule has 9 heteroatoms. The lowest BCUT2D eigenvalue weighted by Crippen LogP contribution is -2.55. The molecule has 3 amide bonds. The van der Waals surface area contributed by atoms with Gasteiger partial charge in [-0.3, -0.25) is 14.4 Å². The topological polar surface area (TPSA) is 104 Å². The van der Waals surface area contributed by atoms with Gasteiger partial charge in [-0.2, -0.15) is 0 Å². The molecule has 1 N–H and O–H groups in total. The van der Waals surface area contributed by atoms with Crippen LogP contribution < -0.4 is 5.32 Å². The molecule has 0 saturated heterocycles. The molecule has 0 aliphatic carbocycles. The Labute approximate surface area is 201 Å². The number of nitrogens with one attached hydrogen (secondary N) is 1. The van der Waals surface area contributed by atoms with Gasteiger partial charge >= 0.3 is 0 Å². The Kier molecular flexibility index (Phi) is 7.16. The Morgan fingerprint density at radius 3 is 2.24 bits per heavy atom. The summed E-state index contributed by atoms with van der Waals surface area (Å²) in [6.07, 6.45) is 0.320. The molecule has 182 valence electrons. The van der Waals surface area contributed by atoms with E-state index in [1.165, 1.54) is 23.1 Å². The van der Waals surface area contributed by atoms with E-state index < -0.39 is 40.0 Å². The van der Waals surface area contributed by atoms with E-state index in [1.807, 2.05) is 52.0 Å². The Morgan fingerprint density at radius 2 is 1.68 bits per heavy atom. The number of carbonyl (C=O) groups excluding carboxylic acids is 3. The van der Waals surface area contributed by atoms with Gasteiger partial charge in [0.25, 0.3) is 15.9 Å². The number of carbonyl (C=O) groups is 3. The maximum Gasteiger partial charge on any atom is 0.269 e. The second-order valence-corrected chi connectivity index (χ2v) is 11.3. The molecule has 1 heterocycles. The lowest BCUT2D eigenvalue weighted by atomic mass is 10.1. The first-order valence-corrected chi connectivity index (χ1v) is 12.6. The van der Waals surface area contributed by atoms with Crippen molar-refractivity contribution in [3.8, 4) is 0 Å². The average Bonchev–Trinajstić information content (AvgIpc) is 2.94. The van der Waals surface area contributed by atoms with Crippen molar-refractivity contribution in [2.75, 3.05) is 6.54 Å². The van der Waals surface area contributed by atoms with E-state index >= 15 is 0 Å². The van der Waals surface area contributed by atoms with Gasteiger partial charge < -0.3 is 10.2 Å². The minimum absolute atomic E-state index is 0.0397. The molecule has 2 aromatic carbocycles. The quantitative estimate of drug-likeness (QED) is 0.650. The lowest BCUT2D eigenvalue weighted by molar-refractivity contribution is -0.141. The molecule has 1 atom stereocenters. The van der Waals surface area contributed by atoms with Crippen molar-refractivity contribution in [1.29, 1.82) is 0 Å². The predicted molar refractivity (Wildman–Crippen MR) is 128 cm³/mol. The Bertz CT molecular complexity index is 1200. The summed E-state index contributed by atoms with van der Waals surface area (Å²) in [7, 11) is -4.15. The summed E-state index contributed by atoms with van der Waals surface area (Å²) in [5, 5.41) is 2.90. The van der Waals surface area contributed by atoms with E-state index in [2.05, 4.69) is 5.32 Å². The van der Waals surface area contributed by atoms with Crippen LogP contribution in [0.25, 0.3) is 0 Å². The number of hydrogen-bond donors (Lipinski definition) is 1. The zero-order chi connectivity index (χ0) is 25.3. The maximum atomic E-state index is 13.5. The van der Waals surface area contributed by atoms with E-state index in [9.17, 15) is 22.8 Å². The fourth-order valence-corrected chi connectivity index (χ4v) is 5.38. The van der Waals surface area contributed by atoms with E-state index in [4.69, 9.17) is 0 Å². The third kappa shape index (κ3) is 5.30. The monoisotopic (exact) mass is 485 g/mol. The van der Waals surface area contributed by atoms with Gasteiger partial charge in [0.05, 0.1) is 5.56 Å². The minimum Gasteiger partial charge on any atom is -0.350 e. The first-order chi connectivity index (χ1) is 15.8. The van der Waals surface area contributed by atoms with Crippen LogP contribution in [0.15, 0.2) is 53.4 Å². The van der Waals surface area contributed by atoms with Gasteiger partial charge in [-0.15, -0.1) is 0 Å². The van der Waals surface area contributed by atoms with Crippen LogP contribution >= 0.6 is 0 Å². The maximum absolute atomic E-state index is 13.5. The summed E-state index contributed by atoms with van der Waals surface area (Å²) >= 11 is 0. The molecule has 3 rings (SSSR count). The van der Waals surface area contributed by atoms with Crippen LogP contribution in [0, 0.1) is 6.92 Å². The van der Waals surface area contributed by atoms with Gasteiger partial charge in [-0.25, -0.2) is 12.7 Å². The highest BCUT2D eigenvalue weighted by Crippen LogP contribution is 2.30. The highest BCUT2D eigenvalue weighted by Gasteiger charge is 2.43. The first-order valence-electron chi connectivity index (χ1n) is 11.2. The second kappa shape index (κ2) is 9.58. The molecule has 0 aromatic heterocycles. The van der Waals surface area contributed by atoms with Gasteiger partial charge in [-0.1, -0.05) is 48.9 Å². The average molecular weight is 486 g/mol. The third-order valence-electron chi connectivity index (χ3n) is 5.55. The number of sulfonamides is 1. The van der Waals surface area contributed by atoms with Gasteiger partial charge in [-0.05, 0) is 51.8 Å². The van der Waals surface area contributed by atoms with E-state index in [0.29, 0.717) is 10.7 Å². The van der Waals surface area contributed by atoms with Crippen LogP contribution in [-0.2, 0) is 26.2 Å². The van der Waals surface area contributed by atoms with Crippen LogP contribution in [0.3, 0.4) is 0 Å². The molecule has 2 aromatic rings. The largest absolute Gasteiger partial charge is 0.350 e. The van der Waals surface area contributed by atoms with Crippen LogP contribution in [0.1, 0.15) is 55.6 Å². The molecular weight excluding hydrogens is 454 g/mol. The van der Waals surface area contributed by atoms with E-state index in [0.717, 1.165) is 11.1 Å². The Balaban J connectivity index is 1.93. The fraction of sp³-hybridized carbons (Fsp3) is 0.400. The molecule has 1 aliphatic heterocycles. The van der Waals surface area contributed by atoms with Gasteiger partial charge in [0.15, 0.2) is 0 Å². The van der Waals surface area contributed by atoms with Crippen LogP contribution in [0.2, 0.25) is 0 Å². The number of benzene rings is 2. The molecule has 0 radical (unpaired) electrons. The molecule has 0 bridgehead atoms. The van der Waals surface area contributed by atoms with Crippen molar-refractivity contribution < 1.29 is 22.8 Å². The van der Waals surface area contributed by atoms with E-state index in [1.54, 1.807) is 13.0 Å². The SMILES string of the molecule is CC[C@@H](C(=O)NC(C)(C)C)N(Cc1ccc(C)cc1)C(=O)CN1C(=O)c2ccccc2S1(=O)=O. The summed E-state index contributed by atoms with van der Waals surface area (Å²) in [5.74, 6) is -1.71. The smallest absolute Gasteiger partial charge is 0.269 e. The van der Waals surface area contributed by atoms with Crippen LogP contribution in [-0.4, -0.2) is 53.5 Å². The van der Waals surface area contributed by atoms with Crippen LogP contribution in [0.5, 0.6) is 0 Å². The molecular formula is C25H31N3O5S. The standard InChI is InChI=1S/C25H31N3O5S/c1-6-20(23(30)26-25(3,4)5)27(15-18-13-11-17(2)12-14-18)22(29)16-28-24(31)19-9-7-8-10-21(19)34(28,32)33/h7-14,20H,6,15-16H2,1-5H3,(H,26,30)/t20-/m0/s1. The number of amides is 3. The molecule has 0 fully saturated rings. The minimum atomic E-state index is -4.15. The molecule has 0 unspecified atom stereocenters. The molecule has 8 nitrogen and oxygen atoms in total. The first kappa shape index (κ1) is 25.4. The summed E-state index contributed by atoms with van der Waals surface area (Å²) < 4.78 is 26.5. The number of hydrogen-bond acceptors (Lipinski definition) is 5. The van der Waals surface area contributed by atoms with Crippen molar-refractivity contribution in [3.63, 3.8) is 0 Å². The normalized spacial score (nSPS) is 15.6. The number of aryl methyl sites for hydroxylation is 1. The highest BCUT2D eigenvalue weighted by atomic mass is 32.2. The summed E-state index contributed by atoms with van der Waals surface area (Å²) in [4.78, 5) is 40.7. The van der Waals surface area contributed by atoms with E-state index in [-0.39, 0.29) is 22.9 Å². The van der Waals surface area contributed by atoms with Gasteiger partial charge in [0, 0.05) is 12.1 Å². The number of fused-ring (bicyclic) bond motifs is 1. The molecule has 1 aliphatic rings. The second-order valence-electron chi connectivity index (χ2n) is 9.48. The van der Waals surface area contributed by atoms with Gasteiger partial charge in [0.1, 0.15) is 17.5 Å². The number of rotatable bonds is 7. The van der Waals surface area contributed by atoms with Crippen LogP contribution in [0.4, 0.5) is 0 Å². The lowest BCUT2D eigenvalue weighted by Gasteiger charge is -2.33. The molecule has 0 spiro atoms. The zero-order valence-electron chi connectivity index (χ0n) is 20.2. The Morgan fingerprint density at radius 1 is 1.06 bits per heavy atom. The molecule has 34 heavy (non-hydrogen) atoms. The number of nitrogens with zero attached hydrogens (tertiary/aromatic N) is 2. The van der Waals surface area contributed by atoms with Crippen molar-refractivity contribution in [1.82, 2.24) is 14.5 Å². The van der Waals surface area contributed by atoms with Crippen molar-refractivity contribution in [2.24, 2.45) is 0 Å². The third-order valence-corrected chi connectivity index (χ3v) is 7.34. The highest BCUT2D eigenvalue weighted by molar-refractivity contribution is 7.90. The zero-order valence-corrected chi connectivity index (χ0v) is 21.0. The van der Waals surface area contributed by atoms with Gasteiger partial charge in [0.2, 0.25) is 11.8 Å². The molecule has 0 saturated carbocycles.